The van der Waals surface area contributed by atoms with Crippen LogP contribution in [-0.4, -0.2) is 0 Å². The molecule has 2 aromatic carbocycles. The SMILES string of the molecule is Cc1cc(F)cc(C)c1C(Br)c1cccc(Cl)c1. The van der Waals surface area contributed by atoms with Crippen molar-refractivity contribution in [2.75, 3.05) is 0 Å². The molecule has 0 radical (unpaired) electrons. The Kier molecular flexibility index (Phi) is 4.08. The first-order valence-corrected chi connectivity index (χ1v) is 6.94. The zero-order valence-electron chi connectivity index (χ0n) is 10.2. The molecule has 0 spiro atoms. The number of rotatable bonds is 2. The molecule has 0 aliphatic rings. The molecule has 2 aromatic rings. The van der Waals surface area contributed by atoms with E-state index >= 15 is 0 Å². The Morgan fingerprint density at radius 1 is 1.11 bits per heavy atom. The smallest absolute Gasteiger partial charge is 0.123 e. The predicted octanol–water partition coefficient (Wildman–Crippen LogP) is 5.58. The third-order valence-corrected chi connectivity index (χ3v) is 4.17. The highest BCUT2D eigenvalue weighted by atomic mass is 79.9. The molecule has 2 rings (SSSR count). The molecule has 1 atom stereocenters. The molecule has 0 heterocycles. The van der Waals surface area contributed by atoms with Gasteiger partial charge in [-0.3, -0.25) is 0 Å². The van der Waals surface area contributed by atoms with Crippen molar-refractivity contribution >= 4 is 27.5 Å². The monoisotopic (exact) mass is 326 g/mol. The number of aryl methyl sites for hydroxylation is 2. The topological polar surface area (TPSA) is 0 Å². The maximum Gasteiger partial charge on any atom is 0.123 e. The fourth-order valence-corrected chi connectivity index (χ4v) is 3.36. The molecule has 0 amide bonds. The molecule has 0 saturated carbocycles. The van der Waals surface area contributed by atoms with E-state index in [1.54, 1.807) is 12.1 Å². The summed E-state index contributed by atoms with van der Waals surface area (Å²) in [6, 6.07) is 10.8. The van der Waals surface area contributed by atoms with Gasteiger partial charge in [-0.15, -0.1) is 0 Å². The van der Waals surface area contributed by atoms with Crippen LogP contribution < -0.4 is 0 Å². The Labute approximate surface area is 120 Å². The Morgan fingerprint density at radius 2 is 1.72 bits per heavy atom. The van der Waals surface area contributed by atoms with Crippen molar-refractivity contribution in [3.8, 4) is 0 Å². The van der Waals surface area contributed by atoms with Crippen LogP contribution in [0.4, 0.5) is 4.39 Å². The number of hydrogen-bond acceptors (Lipinski definition) is 0. The highest BCUT2D eigenvalue weighted by Gasteiger charge is 2.16. The van der Waals surface area contributed by atoms with E-state index in [1.165, 1.54) is 0 Å². The fourth-order valence-electron chi connectivity index (χ4n) is 2.15. The van der Waals surface area contributed by atoms with E-state index in [2.05, 4.69) is 15.9 Å². The molecular formula is C15H13BrClF. The van der Waals surface area contributed by atoms with Crippen molar-refractivity contribution in [3.63, 3.8) is 0 Å². The molecule has 0 nitrogen and oxygen atoms in total. The van der Waals surface area contributed by atoms with E-state index in [9.17, 15) is 4.39 Å². The Bertz CT molecular complexity index is 557. The van der Waals surface area contributed by atoms with Crippen molar-refractivity contribution in [2.24, 2.45) is 0 Å². The Morgan fingerprint density at radius 3 is 2.28 bits per heavy atom. The summed E-state index contributed by atoms with van der Waals surface area (Å²) >= 11 is 9.67. The van der Waals surface area contributed by atoms with Gasteiger partial charge in [-0.25, -0.2) is 4.39 Å². The fraction of sp³-hybridized carbons (Fsp3) is 0.200. The molecule has 1 unspecified atom stereocenters. The molecular weight excluding hydrogens is 315 g/mol. The third-order valence-electron chi connectivity index (χ3n) is 2.95. The molecule has 3 heteroatoms. The van der Waals surface area contributed by atoms with Gasteiger partial charge in [-0.2, -0.15) is 0 Å². The van der Waals surface area contributed by atoms with Gasteiger partial charge < -0.3 is 0 Å². The van der Waals surface area contributed by atoms with E-state index in [0.717, 1.165) is 22.3 Å². The van der Waals surface area contributed by atoms with E-state index in [4.69, 9.17) is 11.6 Å². The molecule has 0 aliphatic heterocycles. The van der Waals surface area contributed by atoms with Crippen LogP contribution in [-0.2, 0) is 0 Å². The number of hydrogen-bond donors (Lipinski definition) is 0. The molecule has 0 N–H and O–H groups in total. The Hall–Kier alpha value is -0.860. The summed E-state index contributed by atoms with van der Waals surface area (Å²) in [6.45, 7) is 3.84. The van der Waals surface area contributed by atoms with E-state index in [1.807, 2.05) is 38.1 Å². The second kappa shape index (κ2) is 5.41. The van der Waals surface area contributed by atoms with Gasteiger partial charge in [0.2, 0.25) is 0 Å². The van der Waals surface area contributed by atoms with Crippen LogP contribution in [0.1, 0.15) is 27.1 Å². The first-order valence-electron chi connectivity index (χ1n) is 5.65. The first kappa shape index (κ1) is 13.6. The summed E-state index contributed by atoms with van der Waals surface area (Å²) in [5, 5.41) is 0.703. The maximum atomic E-state index is 13.3. The summed E-state index contributed by atoms with van der Waals surface area (Å²) in [5.74, 6) is -0.195. The minimum Gasteiger partial charge on any atom is -0.207 e. The quantitative estimate of drug-likeness (QED) is 0.632. The predicted molar refractivity (Wildman–Crippen MR) is 78.1 cm³/mol. The first-order chi connectivity index (χ1) is 8.49. The van der Waals surface area contributed by atoms with Gasteiger partial charge in [-0.1, -0.05) is 39.7 Å². The summed E-state index contributed by atoms with van der Waals surface area (Å²) in [4.78, 5) is 0.0248. The zero-order chi connectivity index (χ0) is 13.3. The van der Waals surface area contributed by atoms with Crippen molar-refractivity contribution in [1.29, 1.82) is 0 Å². The molecule has 0 saturated heterocycles. The highest BCUT2D eigenvalue weighted by molar-refractivity contribution is 9.09. The van der Waals surface area contributed by atoms with Crippen LogP contribution in [0, 0.1) is 19.7 Å². The second-order valence-corrected chi connectivity index (χ2v) is 5.72. The van der Waals surface area contributed by atoms with Gasteiger partial charge in [0.05, 0.1) is 4.83 Å². The van der Waals surface area contributed by atoms with Gasteiger partial charge >= 0.3 is 0 Å². The number of benzene rings is 2. The van der Waals surface area contributed by atoms with E-state index in [0.29, 0.717) is 5.02 Å². The lowest BCUT2D eigenvalue weighted by Gasteiger charge is -2.17. The minimum atomic E-state index is -0.195. The summed E-state index contributed by atoms with van der Waals surface area (Å²) < 4.78 is 13.3. The van der Waals surface area contributed by atoms with Crippen LogP contribution in [0.25, 0.3) is 0 Å². The standard InChI is InChI=1S/C15H13BrClF/c1-9-6-13(18)7-10(2)14(9)15(16)11-4-3-5-12(17)8-11/h3-8,15H,1-2H3. The lowest BCUT2D eigenvalue weighted by Crippen LogP contribution is -2.00. The van der Waals surface area contributed by atoms with Crippen molar-refractivity contribution in [3.05, 3.63) is 69.5 Å². The van der Waals surface area contributed by atoms with Crippen LogP contribution in [0.15, 0.2) is 36.4 Å². The van der Waals surface area contributed by atoms with Crippen molar-refractivity contribution in [1.82, 2.24) is 0 Å². The molecule has 18 heavy (non-hydrogen) atoms. The van der Waals surface area contributed by atoms with E-state index in [-0.39, 0.29) is 10.6 Å². The summed E-state index contributed by atoms with van der Waals surface area (Å²) in [6.07, 6.45) is 0. The molecule has 0 aromatic heterocycles. The number of alkyl halides is 1. The zero-order valence-corrected chi connectivity index (χ0v) is 12.5. The molecule has 0 aliphatic carbocycles. The van der Waals surface area contributed by atoms with Crippen LogP contribution in [0.3, 0.4) is 0 Å². The van der Waals surface area contributed by atoms with Crippen LogP contribution >= 0.6 is 27.5 Å². The largest absolute Gasteiger partial charge is 0.207 e. The lowest BCUT2D eigenvalue weighted by molar-refractivity contribution is 0.624. The average molecular weight is 328 g/mol. The van der Waals surface area contributed by atoms with Crippen molar-refractivity contribution < 1.29 is 4.39 Å². The number of halogens is 3. The van der Waals surface area contributed by atoms with Crippen molar-refractivity contribution in [2.45, 2.75) is 18.7 Å². The lowest BCUT2D eigenvalue weighted by atomic mass is 9.96. The minimum absolute atomic E-state index is 0.0248. The van der Waals surface area contributed by atoms with Gasteiger partial charge in [0.25, 0.3) is 0 Å². The van der Waals surface area contributed by atoms with Gasteiger partial charge in [0, 0.05) is 5.02 Å². The highest BCUT2D eigenvalue weighted by Crippen LogP contribution is 2.36. The average Bonchev–Trinajstić information content (AvgIpc) is 2.27. The van der Waals surface area contributed by atoms with E-state index < -0.39 is 0 Å². The van der Waals surface area contributed by atoms with Gasteiger partial charge in [0.15, 0.2) is 0 Å². The molecule has 94 valence electrons. The third kappa shape index (κ3) is 2.76. The normalized spacial score (nSPS) is 12.5. The summed E-state index contributed by atoms with van der Waals surface area (Å²) in [7, 11) is 0. The second-order valence-electron chi connectivity index (χ2n) is 4.37. The van der Waals surface area contributed by atoms with Gasteiger partial charge in [0.1, 0.15) is 5.82 Å². The Balaban J connectivity index is 2.49. The maximum absolute atomic E-state index is 13.3. The van der Waals surface area contributed by atoms with Crippen LogP contribution in [0.2, 0.25) is 5.02 Å². The molecule has 0 fully saturated rings. The van der Waals surface area contributed by atoms with Crippen LogP contribution in [0.5, 0.6) is 0 Å². The van der Waals surface area contributed by atoms with Gasteiger partial charge in [-0.05, 0) is 60.4 Å². The molecule has 0 bridgehead atoms. The summed E-state index contributed by atoms with van der Waals surface area (Å²) in [5.41, 5.74) is 4.04.